The van der Waals surface area contributed by atoms with Crippen molar-refractivity contribution in [2.75, 3.05) is 52.9 Å². The minimum absolute atomic E-state index is 0. The molecule has 0 spiro atoms. The molecular weight excluding hydrogens is 505 g/mol. The Labute approximate surface area is 204 Å². The molecule has 2 saturated heterocycles. The average Bonchev–Trinajstić information content (AvgIpc) is 3.31. The molecule has 0 aliphatic carbocycles. The minimum Gasteiger partial charge on any atom is -0.368 e. The number of hydrogen-bond acceptors (Lipinski definition) is 4. The van der Waals surface area contributed by atoms with Gasteiger partial charge in [0.15, 0.2) is 5.96 Å². The Morgan fingerprint density at radius 1 is 1.23 bits per heavy atom. The number of nitrogens with zero attached hydrogens (tertiary/aromatic N) is 4. The summed E-state index contributed by atoms with van der Waals surface area (Å²) >= 11 is 0. The van der Waals surface area contributed by atoms with E-state index in [0.29, 0.717) is 12.6 Å². The van der Waals surface area contributed by atoms with Gasteiger partial charge >= 0.3 is 0 Å². The van der Waals surface area contributed by atoms with E-state index >= 15 is 0 Å². The fraction of sp³-hybridized carbons (Fsp3) is 0.652. The third-order valence-electron chi connectivity index (χ3n) is 5.96. The van der Waals surface area contributed by atoms with Crippen molar-refractivity contribution in [1.29, 1.82) is 0 Å². The molecule has 1 aromatic rings. The molecule has 0 saturated carbocycles. The van der Waals surface area contributed by atoms with Crippen LogP contribution in [0.4, 0.5) is 0 Å². The van der Waals surface area contributed by atoms with E-state index < -0.39 is 0 Å². The van der Waals surface area contributed by atoms with Gasteiger partial charge in [0.05, 0.1) is 6.54 Å². The number of amides is 1. The Balaban J connectivity index is 0.00000341. The summed E-state index contributed by atoms with van der Waals surface area (Å²) in [7, 11) is 2.15. The summed E-state index contributed by atoms with van der Waals surface area (Å²) in [5.74, 6) is 1.10. The molecule has 174 valence electrons. The number of ether oxygens (including phenoxy) is 1. The van der Waals surface area contributed by atoms with Crippen LogP contribution in [0, 0.1) is 0 Å². The van der Waals surface area contributed by atoms with Crippen LogP contribution < -0.4 is 5.32 Å². The minimum atomic E-state index is -0.223. The van der Waals surface area contributed by atoms with E-state index in [-0.39, 0.29) is 36.0 Å². The number of hydrogen-bond donors (Lipinski definition) is 1. The lowest BCUT2D eigenvalue weighted by Gasteiger charge is -2.37. The summed E-state index contributed by atoms with van der Waals surface area (Å²) in [6.45, 7) is 10.6. The number of likely N-dealkylation sites (N-methyl/N-ethyl adjacent to an activating group) is 1. The summed E-state index contributed by atoms with van der Waals surface area (Å²) < 4.78 is 5.57. The smallest absolute Gasteiger partial charge is 0.251 e. The van der Waals surface area contributed by atoms with Gasteiger partial charge in [0.25, 0.3) is 5.91 Å². The molecular formula is C23H38IN5O2. The van der Waals surface area contributed by atoms with Crippen molar-refractivity contribution in [3.8, 4) is 0 Å². The molecule has 31 heavy (non-hydrogen) atoms. The zero-order valence-electron chi connectivity index (χ0n) is 19.1. The van der Waals surface area contributed by atoms with Crippen molar-refractivity contribution >= 4 is 35.8 Å². The lowest BCUT2D eigenvalue weighted by atomic mass is 10.2. The highest BCUT2D eigenvalue weighted by atomic mass is 127. The van der Waals surface area contributed by atoms with E-state index in [2.05, 4.69) is 60.3 Å². The van der Waals surface area contributed by atoms with Gasteiger partial charge in [0.1, 0.15) is 6.10 Å². The van der Waals surface area contributed by atoms with Gasteiger partial charge in [-0.3, -0.25) is 14.7 Å². The first-order valence-corrected chi connectivity index (χ1v) is 11.3. The van der Waals surface area contributed by atoms with Crippen LogP contribution in [0.1, 0.15) is 32.3 Å². The maximum absolute atomic E-state index is 12.6. The average molecular weight is 543 g/mol. The predicted molar refractivity (Wildman–Crippen MR) is 136 cm³/mol. The SMILES string of the molecule is CCNC(=NCC(C)N(C)Cc1ccccc1)N1CCN(C(=O)C2CCCO2)CC1.I. The highest BCUT2D eigenvalue weighted by molar-refractivity contribution is 14.0. The molecule has 1 aromatic carbocycles. The fourth-order valence-corrected chi connectivity index (χ4v) is 3.93. The molecule has 3 rings (SSSR count). The normalized spacial score (nSPS) is 20.5. The topological polar surface area (TPSA) is 60.4 Å². The van der Waals surface area contributed by atoms with Gasteiger partial charge in [0.2, 0.25) is 0 Å². The third kappa shape index (κ3) is 7.61. The molecule has 0 radical (unpaired) electrons. The monoisotopic (exact) mass is 543 g/mol. The van der Waals surface area contributed by atoms with Gasteiger partial charge in [-0.05, 0) is 39.3 Å². The molecule has 7 nitrogen and oxygen atoms in total. The maximum atomic E-state index is 12.6. The molecule has 2 aliphatic rings. The Hall–Kier alpha value is -1.39. The first kappa shape index (κ1) is 25.9. The Morgan fingerprint density at radius 2 is 1.90 bits per heavy atom. The zero-order chi connectivity index (χ0) is 21.3. The second kappa shape index (κ2) is 13.2. The van der Waals surface area contributed by atoms with Gasteiger partial charge < -0.3 is 19.9 Å². The predicted octanol–water partition coefficient (Wildman–Crippen LogP) is 2.41. The summed E-state index contributed by atoms with van der Waals surface area (Å²) in [6, 6.07) is 10.9. The fourth-order valence-electron chi connectivity index (χ4n) is 3.93. The molecule has 1 amide bonds. The van der Waals surface area contributed by atoms with Crippen molar-refractivity contribution in [3.05, 3.63) is 35.9 Å². The largest absolute Gasteiger partial charge is 0.368 e. The van der Waals surface area contributed by atoms with E-state index in [9.17, 15) is 4.79 Å². The van der Waals surface area contributed by atoms with Crippen LogP contribution in [0.3, 0.4) is 0 Å². The molecule has 2 aliphatic heterocycles. The van der Waals surface area contributed by atoms with E-state index in [4.69, 9.17) is 9.73 Å². The van der Waals surface area contributed by atoms with Crippen LogP contribution in [-0.4, -0.2) is 91.6 Å². The van der Waals surface area contributed by atoms with Crippen molar-refractivity contribution in [2.45, 2.75) is 45.4 Å². The first-order valence-electron chi connectivity index (χ1n) is 11.3. The number of halogens is 1. The van der Waals surface area contributed by atoms with Gasteiger partial charge in [-0.1, -0.05) is 30.3 Å². The Kier molecular flexibility index (Phi) is 11.0. The molecule has 8 heteroatoms. The molecule has 2 heterocycles. The second-order valence-corrected chi connectivity index (χ2v) is 8.26. The van der Waals surface area contributed by atoms with Gasteiger partial charge in [-0.2, -0.15) is 0 Å². The quantitative estimate of drug-likeness (QED) is 0.325. The Bertz CT molecular complexity index is 688. The highest BCUT2D eigenvalue weighted by Gasteiger charge is 2.30. The number of benzene rings is 1. The van der Waals surface area contributed by atoms with E-state index in [1.165, 1.54) is 5.56 Å². The molecule has 2 atom stereocenters. The first-order chi connectivity index (χ1) is 14.6. The summed E-state index contributed by atoms with van der Waals surface area (Å²) in [4.78, 5) is 24.0. The van der Waals surface area contributed by atoms with Crippen molar-refractivity contribution < 1.29 is 9.53 Å². The van der Waals surface area contributed by atoms with E-state index in [1.54, 1.807) is 0 Å². The van der Waals surface area contributed by atoms with Crippen LogP contribution in [0.15, 0.2) is 35.3 Å². The summed E-state index contributed by atoms with van der Waals surface area (Å²) in [5.41, 5.74) is 1.31. The zero-order valence-corrected chi connectivity index (χ0v) is 21.5. The summed E-state index contributed by atoms with van der Waals surface area (Å²) in [5, 5.41) is 3.42. The second-order valence-electron chi connectivity index (χ2n) is 8.26. The number of rotatable bonds is 7. The van der Waals surface area contributed by atoms with Crippen LogP contribution in [-0.2, 0) is 16.1 Å². The number of guanidine groups is 1. The van der Waals surface area contributed by atoms with E-state index in [1.807, 2.05) is 11.0 Å². The summed E-state index contributed by atoms with van der Waals surface area (Å²) in [6.07, 6.45) is 1.63. The number of nitrogens with one attached hydrogen (secondary N) is 1. The van der Waals surface area contributed by atoms with Crippen LogP contribution in [0.2, 0.25) is 0 Å². The van der Waals surface area contributed by atoms with Crippen LogP contribution >= 0.6 is 24.0 Å². The number of aliphatic imine (C=N–C) groups is 1. The third-order valence-corrected chi connectivity index (χ3v) is 5.96. The molecule has 0 aromatic heterocycles. The van der Waals surface area contributed by atoms with E-state index in [0.717, 1.165) is 64.6 Å². The molecule has 2 unspecified atom stereocenters. The standard InChI is InChI=1S/C23H37N5O2.HI/c1-4-24-23(25-17-19(2)26(3)18-20-9-6-5-7-10-20)28-14-12-27(13-15-28)22(29)21-11-8-16-30-21;/h5-7,9-10,19,21H,4,8,11-18H2,1-3H3,(H,24,25);1H. The number of piperazine rings is 1. The van der Waals surface area contributed by atoms with Gasteiger partial charge in [-0.15, -0.1) is 24.0 Å². The highest BCUT2D eigenvalue weighted by Crippen LogP contribution is 2.16. The number of carbonyl (C=O) groups excluding carboxylic acids is 1. The number of carbonyl (C=O) groups is 1. The van der Waals surface area contributed by atoms with Crippen molar-refractivity contribution in [1.82, 2.24) is 20.0 Å². The maximum Gasteiger partial charge on any atom is 0.251 e. The van der Waals surface area contributed by atoms with Crippen molar-refractivity contribution in [3.63, 3.8) is 0 Å². The lowest BCUT2D eigenvalue weighted by molar-refractivity contribution is -0.142. The molecule has 1 N–H and O–H groups in total. The van der Waals surface area contributed by atoms with Gasteiger partial charge in [-0.25, -0.2) is 0 Å². The van der Waals surface area contributed by atoms with Crippen LogP contribution in [0.5, 0.6) is 0 Å². The van der Waals surface area contributed by atoms with Crippen molar-refractivity contribution in [2.24, 2.45) is 4.99 Å². The molecule has 2 fully saturated rings. The van der Waals surface area contributed by atoms with Crippen LogP contribution in [0.25, 0.3) is 0 Å². The lowest BCUT2D eigenvalue weighted by Crippen LogP contribution is -2.55. The molecule has 0 bridgehead atoms. The van der Waals surface area contributed by atoms with Gasteiger partial charge in [0, 0.05) is 51.9 Å². The Morgan fingerprint density at radius 3 is 2.52 bits per heavy atom.